The molecule has 1 unspecified atom stereocenters. The van der Waals surface area contributed by atoms with Gasteiger partial charge in [0.1, 0.15) is 5.60 Å². The number of nitrogens with zero attached hydrogens (tertiary/aromatic N) is 1. The van der Waals surface area contributed by atoms with Gasteiger partial charge in [-0.15, -0.1) is 0 Å². The Kier molecular flexibility index (Phi) is 4.39. The van der Waals surface area contributed by atoms with Gasteiger partial charge in [-0.3, -0.25) is 4.90 Å². The number of rotatable bonds is 2. The fraction of sp³-hybridized carbons (Fsp3) is 0.292. The second-order valence-electron chi connectivity index (χ2n) is 8.22. The highest BCUT2D eigenvalue weighted by atomic mass is 16.6. The zero-order valence-electron chi connectivity index (χ0n) is 16.1. The lowest BCUT2D eigenvalue weighted by atomic mass is 9.99. The molecule has 1 aliphatic heterocycles. The molecule has 1 heterocycles. The lowest BCUT2D eigenvalue weighted by molar-refractivity contribution is 0.0570. The van der Waals surface area contributed by atoms with Crippen LogP contribution >= 0.6 is 0 Å². The van der Waals surface area contributed by atoms with E-state index in [4.69, 9.17) is 4.74 Å². The molecule has 0 saturated carbocycles. The average Bonchev–Trinajstić information content (AvgIpc) is 2.98. The molecule has 0 saturated heterocycles. The Labute approximate surface area is 160 Å². The maximum atomic E-state index is 12.9. The summed E-state index contributed by atoms with van der Waals surface area (Å²) in [4.78, 5) is 14.8. The first-order valence-electron chi connectivity index (χ1n) is 9.48. The van der Waals surface area contributed by atoms with Crippen molar-refractivity contribution in [1.82, 2.24) is 0 Å². The Balaban J connectivity index is 1.64. The minimum absolute atomic E-state index is 0.0680. The van der Waals surface area contributed by atoms with Crippen LogP contribution in [-0.2, 0) is 17.6 Å². The highest BCUT2D eigenvalue weighted by Gasteiger charge is 2.36. The highest BCUT2D eigenvalue weighted by molar-refractivity contribution is 5.91. The first-order chi connectivity index (χ1) is 12.9. The van der Waals surface area contributed by atoms with Crippen LogP contribution < -0.4 is 4.90 Å². The monoisotopic (exact) mass is 359 g/mol. The first-order valence-corrected chi connectivity index (χ1v) is 9.48. The topological polar surface area (TPSA) is 29.5 Å². The molecule has 0 aromatic heterocycles. The van der Waals surface area contributed by atoms with Gasteiger partial charge in [-0.1, -0.05) is 60.7 Å². The number of amides is 1. The molecule has 0 radical (unpaired) electrons. The summed E-state index contributed by atoms with van der Waals surface area (Å²) in [6.45, 7) is 5.72. The van der Waals surface area contributed by atoms with Gasteiger partial charge in [0.15, 0.2) is 0 Å². The molecule has 0 spiro atoms. The van der Waals surface area contributed by atoms with Gasteiger partial charge in [0.2, 0.25) is 0 Å². The number of ether oxygens (including phenoxy) is 1. The SMILES string of the molecule is CC(C)(C)OC(=O)N1c2ccccc2CC1Cc1ccc2ccccc2c1. The lowest BCUT2D eigenvalue weighted by Gasteiger charge is -2.29. The summed E-state index contributed by atoms with van der Waals surface area (Å²) >= 11 is 0. The Morgan fingerprint density at radius 2 is 1.70 bits per heavy atom. The third-order valence-corrected chi connectivity index (χ3v) is 4.95. The third-order valence-electron chi connectivity index (χ3n) is 4.95. The molecule has 1 atom stereocenters. The Bertz CT molecular complexity index is 987. The van der Waals surface area contributed by atoms with Gasteiger partial charge in [-0.25, -0.2) is 4.79 Å². The summed E-state index contributed by atoms with van der Waals surface area (Å²) in [7, 11) is 0. The van der Waals surface area contributed by atoms with Crippen LogP contribution in [0.3, 0.4) is 0 Å². The quantitative estimate of drug-likeness (QED) is 0.583. The maximum Gasteiger partial charge on any atom is 0.415 e. The van der Waals surface area contributed by atoms with Crippen molar-refractivity contribution in [2.75, 3.05) is 4.90 Å². The van der Waals surface area contributed by atoms with E-state index in [0.29, 0.717) is 0 Å². The minimum Gasteiger partial charge on any atom is -0.443 e. The standard InChI is InChI=1S/C24H25NO2/c1-24(2,3)27-23(26)25-21(16-20-10-6-7-11-22(20)25)15-17-12-13-18-8-4-5-9-19(18)14-17/h4-14,21H,15-16H2,1-3H3. The molecule has 0 N–H and O–H groups in total. The number of hydrogen-bond donors (Lipinski definition) is 0. The highest BCUT2D eigenvalue weighted by Crippen LogP contribution is 2.35. The molecule has 138 valence electrons. The van der Waals surface area contributed by atoms with Crippen molar-refractivity contribution in [2.45, 2.75) is 45.3 Å². The number of hydrogen-bond acceptors (Lipinski definition) is 2. The zero-order valence-corrected chi connectivity index (χ0v) is 16.1. The van der Waals surface area contributed by atoms with Crippen molar-refractivity contribution in [3.8, 4) is 0 Å². The third kappa shape index (κ3) is 3.68. The van der Waals surface area contributed by atoms with Crippen molar-refractivity contribution < 1.29 is 9.53 Å². The van der Waals surface area contributed by atoms with Crippen LogP contribution in [0.5, 0.6) is 0 Å². The van der Waals surface area contributed by atoms with Crippen LogP contribution in [0.4, 0.5) is 10.5 Å². The van der Waals surface area contributed by atoms with Crippen LogP contribution in [0.1, 0.15) is 31.9 Å². The van der Waals surface area contributed by atoms with Crippen molar-refractivity contribution in [2.24, 2.45) is 0 Å². The summed E-state index contributed by atoms with van der Waals surface area (Å²) < 4.78 is 5.70. The molecule has 0 aliphatic carbocycles. The predicted molar refractivity (Wildman–Crippen MR) is 110 cm³/mol. The van der Waals surface area contributed by atoms with E-state index in [9.17, 15) is 4.79 Å². The maximum absolute atomic E-state index is 12.9. The van der Waals surface area contributed by atoms with Crippen LogP contribution in [0.15, 0.2) is 66.7 Å². The predicted octanol–water partition coefficient (Wildman–Crippen LogP) is 5.75. The molecule has 27 heavy (non-hydrogen) atoms. The van der Waals surface area contributed by atoms with E-state index in [0.717, 1.165) is 18.5 Å². The van der Waals surface area contributed by atoms with Crippen molar-refractivity contribution in [1.29, 1.82) is 0 Å². The van der Waals surface area contributed by atoms with E-state index in [1.807, 2.05) is 43.9 Å². The summed E-state index contributed by atoms with van der Waals surface area (Å²) in [5, 5.41) is 2.47. The molecule has 0 fully saturated rings. The number of fused-ring (bicyclic) bond motifs is 2. The van der Waals surface area contributed by atoms with Crippen molar-refractivity contribution in [3.05, 3.63) is 77.9 Å². The van der Waals surface area contributed by atoms with E-state index >= 15 is 0 Å². The molecule has 1 amide bonds. The van der Waals surface area contributed by atoms with Gasteiger partial charge < -0.3 is 4.74 Å². The molecule has 3 nitrogen and oxygen atoms in total. The van der Waals surface area contributed by atoms with Gasteiger partial charge in [0.25, 0.3) is 0 Å². The Hall–Kier alpha value is -2.81. The van der Waals surface area contributed by atoms with Crippen molar-refractivity contribution in [3.63, 3.8) is 0 Å². The number of carbonyl (C=O) groups excluding carboxylic acids is 1. The van der Waals surface area contributed by atoms with E-state index < -0.39 is 5.60 Å². The number of benzene rings is 3. The molecule has 4 rings (SSSR count). The molecule has 3 aromatic rings. The largest absolute Gasteiger partial charge is 0.443 e. The van der Waals surface area contributed by atoms with E-state index in [-0.39, 0.29) is 12.1 Å². The fourth-order valence-electron chi connectivity index (χ4n) is 3.82. The molecule has 0 bridgehead atoms. The fourth-order valence-corrected chi connectivity index (χ4v) is 3.82. The number of carbonyl (C=O) groups is 1. The molecule has 1 aliphatic rings. The van der Waals surface area contributed by atoms with Gasteiger partial charge in [-0.2, -0.15) is 0 Å². The molecule has 3 aromatic carbocycles. The van der Waals surface area contributed by atoms with Crippen LogP contribution in [-0.4, -0.2) is 17.7 Å². The summed E-state index contributed by atoms with van der Waals surface area (Å²) in [6, 6.07) is 23.1. The number of para-hydroxylation sites is 1. The summed E-state index contributed by atoms with van der Waals surface area (Å²) in [6.07, 6.45) is 1.39. The van der Waals surface area contributed by atoms with Gasteiger partial charge >= 0.3 is 6.09 Å². The van der Waals surface area contributed by atoms with E-state index in [2.05, 4.69) is 48.5 Å². The zero-order chi connectivity index (χ0) is 19.0. The normalized spacial score (nSPS) is 16.4. The first kappa shape index (κ1) is 17.6. The van der Waals surface area contributed by atoms with E-state index in [1.165, 1.54) is 21.9 Å². The Morgan fingerprint density at radius 3 is 2.48 bits per heavy atom. The van der Waals surface area contributed by atoms with Crippen LogP contribution in [0.25, 0.3) is 10.8 Å². The van der Waals surface area contributed by atoms with Crippen molar-refractivity contribution >= 4 is 22.6 Å². The van der Waals surface area contributed by atoms with Gasteiger partial charge in [-0.05, 0) is 61.6 Å². The van der Waals surface area contributed by atoms with E-state index in [1.54, 1.807) is 0 Å². The molecular weight excluding hydrogens is 334 g/mol. The summed E-state index contributed by atoms with van der Waals surface area (Å²) in [5.74, 6) is 0. The molecule has 3 heteroatoms. The molecular formula is C24H25NO2. The number of anilines is 1. The average molecular weight is 359 g/mol. The van der Waals surface area contributed by atoms with Gasteiger partial charge in [0.05, 0.1) is 5.69 Å². The minimum atomic E-state index is -0.512. The Morgan fingerprint density at radius 1 is 1.00 bits per heavy atom. The lowest BCUT2D eigenvalue weighted by Crippen LogP contribution is -2.42. The second kappa shape index (κ2) is 6.73. The van der Waals surface area contributed by atoms with Crippen LogP contribution in [0, 0.1) is 0 Å². The summed E-state index contributed by atoms with van der Waals surface area (Å²) in [5.41, 5.74) is 2.90. The smallest absolute Gasteiger partial charge is 0.415 e. The van der Waals surface area contributed by atoms with Gasteiger partial charge in [0, 0.05) is 6.04 Å². The second-order valence-corrected chi connectivity index (χ2v) is 8.22. The van der Waals surface area contributed by atoms with Crippen LogP contribution in [0.2, 0.25) is 0 Å².